The van der Waals surface area contributed by atoms with Crippen LogP contribution in [0.4, 0.5) is 0 Å². The van der Waals surface area contributed by atoms with Crippen LogP contribution in [-0.4, -0.2) is 15.2 Å². The molecule has 0 radical (unpaired) electrons. The molecule has 0 saturated heterocycles. The SMILES string of the molecule is C=C1C=C(C)C2=C(CC(=S)CC2)C1C(=O)c1cn(C(CC)CCCC)c2ccccc12. The molecule has 4 rings (SSSR count). The Labute approximate surface area is 191 Å². The Hall–Kier alpha value is -2.26. The Morgan fingerprint density at radius 2 is 2.03 bits per heavy atom. The fourth-order valence-corrected chi connectivity index (χ4v) is 5.65. The standard InChI is InChI=1S/C28H33NOS/c1-5-7-10-20(6-2)29-17-25(23-11-8-9-12-26(23)29)28(30)27-19(4)15-18(3)22-14-13-21(31)16-24(22)27/h8-9,11-12,15,17,20,27H,4-7,10,13-14,16H2,1-3H3. The van der Waals surface area contributed by atoms with Crippen molar-refractivity contribution in [3.8, 4) is 0 Å². The summed E-state index contributed by atoms with van der Waals surface area (Å²) in [6.07, 6.45) is 11.5. The summed E-state index contributed by atoms with van der Waals surface area (Å²) in [6.45, 7) is 10.9. The van der Waals surface area contributed by atoms with Gasteiger partial charge in [0.2, 0.25) is 0 Å². The van der Waals surface area contributed by atoms with Crippen molar-refractivity contribution in [3.05, 3.63) is 71.0 Å². The first-order valence-corrected chi connectivity index (χ1v) is 12.1. The van der Waals surface area contributed by atoms with E-state index in [1.54, 1.807) is 0 Å². The molecule has 2 atom stereocenters. The highest BCUT2D eigenvalue weighted by Gasteiger charge is 2.35. The highest BCUT2D eigenvalue weighted by molar-refractivity contribution is 7.80. The number of allylic oxidation sites excluding steroid dienone is 5. The molecule has 1 aromatic heterocycles. The maximum Gasteiger partial charge on any atom is 0.176 e. The Morgan fingerprint density at radius 3 is 2.77 bits per heavy atom. The third kappa shape index (κ3) is 4.01. The summed E-state index contributed by atoms with van der Waals surface area (Å²) in [7, 11) is 0. The summed E-state index contributed by atoms with van der Waals surface area (Å²) in [5.74, 6) is -0.113. The molecule has 0 saturated carbocycles. The summed E-state index contributed by atoms with van der Waals surface area (Å²) >= 11 is 5.58. The van der Waals surface area contributed by atoms with Gasteiger partial charge in [0, 0.05) is 35.1 Å². The summed E-state index contributed by atoms with van der Waals surface area (Å²) in [5.41, 5.74) is 6.67. The van der Waals surface area contributed by atoms with Gasteiger partial charge in [-0.05, 0) is 65.8 Å². The topological polar surface area (TPSA) is 22.0 Å². The number of carbonyl (C=O) groups is 1. The van der Waals surface area contributed by atoms with Crippen molar-refractivity contribution < 1.29 is 4.79 Å². The molecule has 2 aromatic rings. The van der Waals surface area contributed by atoms with Gasteiger partial charge in [-0.25, -0.2) is 0 Å². The molecule has 0 spiro atoms. The fraction of sp³-hybridized carbons (Fsp3) is 0.429. The molecular weight excluding hydrogens is 398 g/mol. The van der Waals surface area contributed by atoms with Gasteiger partial charge in [0.15, 0.2) is 5.78 Å². The zero-order valence-electron chi connectivity index (χ0n) is 19.0. The van der Waals surface area contributed by atoms with Gasteiger partial charge in [0.25, 0.3) is 0 Å². The van der Waals surface area contributed by atoms with E-state index < -0.39 is 0 Å². The predicted molar refractivity (Wildman–Crippen MR) is 135 cm³/mol. The third-order valence-electron chi connectivity index (χ3n) is 7.05. The molecular formula is C28H33NOS. The van der Waals surface area contributed by atoms with Crippen LogP contribution in [0.3, 0.4) is 0 Å². The molecule has 1 heterocycles. The Morgan fingerprint density at radius 1 is 1.26 bits per heavy atom. The van der Waals surface area contributed by atoms with Gasteiger partial charge < -0.3 is 4.57 Å². The van der Waals surface area contributed by atoms with Gasteiger partial charge in [-0.3, -0.25) is 4.79 Å². The molecule has 2 nitrogen and oxygen atoms in total. The van der Waals surface area contributed by atoms with Crippen LogP contribution in [0.25, 0.3) is 10.9 Å². The van der Waals surface area contributed by atoms with Crippen molar-refractivity contribution >= 4 is 33.8 Å². The van der Waals surface area contributed by atoms with Crippen molar-refractivity contribution in [3.63, 3.8) is 0 Å². The number of benzene rings is 1. The number of thiocarbonyl (C=S) groups is 1. The van der Waals surface area contributed by atoms with Crippen LogP contribution in [0.1, 0.15) is 82.1 Å². The van der Waals surface area contributed by atoms with Crippen LogP contribution in [-0.2, 0) is 0 Å². The minimum Gasteiger partial charge on any atom is -0.344 e. The van der Waals surface area contributed by atoms with E-state index in [0.717, 1.165) is 59.0 Å². The van der Waals surface area contributed by atoms with Crippen molar-refractivity contribution in [2.75, 3.05) is 0 Å². The molecule has 2 aliphatic carbocycles. The van der Waals surface area contributed by atoms with Crippen LogP contribution in [0, 0.1) is 5.92 Å². The number of fused-ring (bicyclic) bond motifs is 1. The molecule has 162 valence electrons. The van der Waals surface area contributed by atoms with Gasteiger partial charge in [-0.15, -0.1) is 0 Å². The van der Waals surface area contributed by atoms with Crippen molar-refractivity contribution in [2.45, 2.75) is 71.8 Å². The highest BCUT2D eigenvalue weighted by atomic mass is 32.1. The highest BCUT2D eigenvalue weighted by Crippen LogP contribution is 2.43. The minimum atomic E-state index is -0.285. The number of rotatable bonds is 7. The maximum atomic E-state index is 14.0. The van der Waals surface area contributed by atoms with Gasteiger partial charge >= 0.3 is 0 Å². The second-order valence-electron chi connectivity index (χ2n) is 9.09. The van der Waals surface area contributed by atoms with E-state index in [0.29, 0.717) is 6.04 Å². The predicted octanol–water partition coefficient (Wildman–Crippen LogP) is 7.95. The molecule has 0 amide bonds. The molecule has 1 aromatic carbocycles. The molecule has 2 aliphatic rings. The molecule has 0 aliphatic heterocycles. The molecule has 0 fully saturated rings. The molecule has 0 N–H and O–H groups in total. The van der Waals surface area contributed by atoms with E-state index in [-0.39, 0.29) is 11.7 Å². The van der Waals surface area contributed by atoms with E-state index in [1.807, 2.05) is 6.07 Å². The number of ketones is 1. The van der Waals surface area contributed by atoms with E-state index in [1.165, 1.54) is 29.6 Å². The lowest BCUT2D eigenvalue weighted by Crippen LogP contribution is -2.26. The summed E-state index contributed by atoms with van der Waals surface area (Å²) in [4.78, 5) is 15.1. The average Bonchev–Trinajstić information content (AvgIpc) is 3.14. The zero-order chi connectivity index (χ0) is 22.1. The molecule has 2 unspecified atom stereocenters. The Bertz CT molecular complexity index is 1110. The number of aromatic nitrogens is 1. The van der Waals surface area contributed by atoms with Crippen molar-refractivity contribution in [2.24, 2.45) is 5.92 Å². The lowest BCUT2D eigenvalue weighted by atomic mass is 9.72. The van der Waals surface area contributed by atoms with Gasteiger partial charge in [-0.2, -0.15) is 0 Å². The number of hydrogen-bond donors (Lipinski definition) is 0. The van der Waals surface area contributed by atoms with Gasteiger partial charge in [0.1, 0.15) is 0 Å². The monoisotopic (exact) mass is 431 g/mol. The number of carbonyl (C=O) groups excluding carboxylic acids is 1. The molecule has 0 bridgehead atoms. The number of para-hydroxylation sites is 1. The maximum absolute atomic E-state index is 14.0. The first-order valence-electron chi connectivity index (χ1n) is 11.7. The van der Waals surface area contributed by atoms with Crippen LogP contribution in [0.5, 0.6) is 0 Å². The lowest BCUT2D eigenvalue weighted by Gasteiger charge is -2.32. The summed E-state index contributed by atoms with van der Waals surface area (Å²) < 4.78 is 2.35. The van der Waals surface area contributed by atoms with E-state index in [9.17, 15) is 4.79 Å². The van der Waals surface area contributed by atoms with Crippen LogP contribution in [0.2, 0.25) is 0 Å². The summed E-state index contributed by atoms with van der Waals surface area (Å²) in [5, 5.41) is 1.06. The average molecular weight is 432 g/mol. The van der Waals surface area contributed by atoms with Gasteiger partial charge in [-0.1, -0.05) is 69.8 Å². The van der Waals surface area contributed by atoms with Crippen molar-refractivity contribution in [1.29, 1.82) is 0 Å². The number of hydrogen-bond acceptors (Lipinski definition) is 2. The zero-order valence-corrected chi connectivity index (χ0v) is 19.9. The van der Waals surface area contributed by atoms with E-state index in [4.69, 9.17) is 12.2 Å². The Balaban J connectivity index is 1.80. The lowest BCUT2D eigenvalue weighted by molar-refractivity contribution is 0.0957. The smallest absolute Gasteiger partial charge is 0.176 e. The Kier molecular flexibility index (Phi) is 6.43. The number of unbranched alkanes of at least 4 members (excludes halogenated alkanes) is 1. The minimum absolute atomic E-state index is 0.172. The fourth-order valence-electron chi connectivity index (χ4n) is 5.40. The molecule has 31 heavy (non-hydrogen) atoms. The van der Waals surface area contributed by atoms with Crippen molar-refractivity contribution in [1.82, 2.24) is 4.57 Å². The third-order valence-corrected chi connectivity index (χ3v) is 7.40. The molecule has 3 heteroatoms. The second kappa shape index (κ2) is 9.08. The number of nitrogens with zero attached hydrogens (tertiary/aromatic N) is 1. The quantitative estimate of drug-likeness (QED) is 0.328. The normalized spacial score (nSPS) is 20.1. The summed E-state index contributed by atoms with van der Waals surface area (Å²) in [6, 6.07) is 8.78. The van der Waals surface area contributed by atoms with E-state index in [2.05, 4.69) is 62.4 Å². The van der Waals surface area contributed by atoms with Crippen LogP contribution >= 0.6 is 12.2 Å². The van der Waals surface area contributed by atoms with Crippen LogP contribution in [0.15, 0.2) is 65.4 Å². The van der Waals surface area contributed by atoms with Gasteiger partial charge in [0.05, 0.1) is 5.92 Å². The van der Waals surface area contributed by atoms with Crippen LogP contribution < -0.4 is 0 Å². The number of Topliss-reactive ketones (excluding diaryl/α,β-unsaturated/α-hetero) is 1. The first-order chi connectivity index (χ1) is 15.0. The largest absolute Gasteiger partial charge is 0.344 e. The first kappa shape index (κ1) is 22.0. The van der Waals surface area contributed by atoms with E-state index >= 15 is 0 Å². The second-order valence-corrected chi connectivity index (χ2v) is 9.67.